The van der Waals surface area contributed by atoms with Gasteiger partial charge in [0.25, 0.3) is 0 Å². The summed E-state index contributed by atoms with van der Waals surface area (Å²) in [5, 5.41) is 4.34. The molecule has 0 amide bonds. The standard InChI is InChI=1S/C51H32N4O/c1-5-15-33(16-6-1)38-27-39(34-17-7-2-8-18-34)29-40(28-38)55-45-24-14-13-23-41(45)42-32-48-44(31-46(42)55)43-30-37(25-26-47(43)56-48)51-53-49(35-19-9-3-10-20-35)52-50(54-51)36-21-11-4-12-22-36/h1-32H. The van der Waals surface area contributed by atoms with Crippen LogP contribution in [0.5, 0.6) is 0 Å². The minimum absolute atomic E-state index is 0.607. The number of hydrogen-bond acceptors (Lipinski definition) is 4. The number of aromatic nitrogens is 4. The largest absolute Gasteiger partial charge is 0.456 e. The maximum atomic E-state index is 6.59. The topological polar surface area (TPSA) is 56.7 Å². The first-order valence-corrected chi connectivity index (χ1v) is 18.8. The van der Waals surface area contributed by atoms with Gasteiger partial charge in [0.15, 0.2) is 17.5 Å². The average molecular weight is 717 g/mol. The van der Waals surface area contributed by atoms with Crippen LogP contribution in [-0.2, 0) is 0 Å². The summed E-state index contributed by atoms with van der Waals surface area (Å²) in [7, 11) is 0. The summed E-state index contributed by atoms with van der Waals surface area (Å²) in [4.78, 5) is 14.9. The van der Waals surface area contributed by atoms with Crippen LogP contribution in [-0.4, -0.2) is 19.5 Å². The van der Waals surface area contributed by atoms with Gasteiger partial charge in [-0.1, -0.05) is 140 Å². The van der Waals surface area contributed by atoms with E-state index in [1.807, 2.05) is 72.8 Å². The summed E-state index contributed by atoms with van der Waals surface area (Å²) in [6.07, 6.45) is 0. The maximum Gasteiger partial charge on any atom is 0.164 e. The number of nitrogens with zero attached hydrogens (tertiary/aromatic N) is 4. The molecule has 56 heavy (non-hydrogen) atoms. The maximum absolute atomic E-state index is 6.59. The monoisotopic (exact) mass is 716 g/mol. The molecule has 0 atom stereocenters. The van der Waals surface area contributed by atoms with E-state index in [2.05, 4.69) is 126 Å². The fraction of sp³-hybridized carbons (Fsp3) is 0. The van der Waals surface area contributed by atoms with Crippen LogP contribution >= 0.6 is 0 Å². The highest BCUT2D eigenvalue weighted by atomic mass is 16.3. The molecule has 0 aliphatic carbocycles. The zero-order valence-electron chi connectivity index (χ0n) is 30.2. The van der Waals surface area contributed by atoms with Crippen molar-refractivity contribution in [3.8, 4) is 62.1 Å². The third-order valence-electron chi connectivity index (χ3n) is 10.6. The fourth-order valence-corrected chi connectivity index (χ4v) is 7.93. The van der Waals surface area contributed by atoms with Gasteiger partial charge in [0, 0.05) is 43.9 Å². The fourth-order valence-electron chi connectivity index (χ4n) is 7.93. The second kappa shape index (κ2) is 13.0. The molecular weight excluding hydrogens is 685 g/mol. The van der Waals surface area contributed by atoms with E-state index in [1.165, 1.54) is 16.5 Å². The number of rotatable bonds is 6. The SMILES string of the molecule is c1ccc(-c2cc(-c3ccccc3)cc(-n3c4ccccc4c4cc5oc6ccc(-c7nc(-c8ccccc8)nc(-c8ccccc8)n7)cc6c5cc43)c2)cc1. The van der Waals surface area contributed by atoms with Gasteiger partial charge in [-0.3, -0.25) is 0 Å². The van der Waals surface area contributed by atoms with Crippen LogP contribution in [0.4, 0.5) is 0 Å². The van der Waals surface area contributed by atoms with E-state index in [9.17, 15) is 0 Å². The van der Waals surface area contributed by atoms with Gasteiger partial charge in [-0.15, -0.1) is 0 Å². The van der Waals surface area contributed by atoms with Gasteiger partial charge >= 0.3 is 0 Å². The Kier molecular flexibility index (Phi) is 7.42. The number of para-hydroxylation sites is 1. The van der Waals surface area contributed by atoms with E-state index in [4.69, 9.17) is 19.4 Å². The van der Waals surface area contributed by atoms with Crippen LogP contribution in [0, 0.1) is 0 Å². The van der Waals surface area contributed by atoms with Crippen molar-refractivity contribution < 1.29 is 4.42 Å². The minimum atomic E-state index is 0.607. The third kappa shape index (κ3) is 5.45. The molecule has 0 bridgehead atoms. The van der Waals surface area contributed by atoms with Crippen LogP contribution < -0.4 is 0 Å². The lowest BCUT2D eigenvalue weighted by molar-refractivity contribution is 0.669. The summed E-state index contributed by atoms with van der Waals surface area (Å²) in [6.45, 7) is 0. The zero-order chi connectivity index (χ0) is 37.0. The second-order valence-corrected chi connectivity index (χ2v) is 14.1. The molecule has 0 saturated heterocycles. The summed E-state index contributed by atoms with van der Waals surface area (Å²) >= 11 is 0. The normalized spacial score (nSPS) is 11.6. The molecule has 5 nitrogen and oxygen atoms in total. The van der Waals surface area contributed by atoms with Gasteiger partial charge in [-0.05, 0) is 76.9 Å². The Morgan fingerprint density at radius 3 is 1.39 bits per heavy atom. The molecule has 0 aliphatic heterocycles. The van der Waals surface area contributed by atoms with Crippen molar-refractivity contribution in [3.63, 3.8) is 0 Å². The Labute approximate surface area is 322 Å². The molecule has 0 saturated carbocycles. The molecule has 11 rings (SSSR count). The predicted molar refractivity (Wildman–Crippen MR) is 229 cm³/mol. The lowest BCUT2D eigenvalue weighted by Crippen LogP contribution is -2.00. The van der Waals surface area contributed by atoms with Gasteiger partial charge in [0.05, 0.1) is 11.0 Å². The Bertz CT molecular complexity index is 3110. The Morgan fingerprint density at radius 1 is 0.304 bits per heavy atom. The Balaban J connectivity index is 1.14. The highest BCUT2D eigenvalue weighted by Crippen LogP contribution is 2.41. The molecule has 5 heteroatoms. The highest BCUT2D eigenvalue weighted by Gasteiger charge is 2.19. The molecule has 8 aromatic carbocycles. The zero-order valence-corrected chi connectivity index (χ0v) is 30.2. The molecule has 0 spiro atoms. The van der Waals surface area contributed by atoms with E-state index in [-0.39, 0.29) is 0 Å². The minimum Gasteiger partial charge on any atom is -0.456 e. The van der Waals surface area contributed by atoms with Crippen molar-refractivity contribution in [2.45, 2.75) is 0 Å². The summed E-state index contributed by atoms with van der Waals surface area (Å²) in [5.41, 5.74) is 12.4. The van der Waals surface area contributed by atoms with E-state index < -0.39 is 0 Å². The van der Waals surface area contributed by atoms with E-state index in [0.29, 0.717) is 17.5 Å². The Hall–Kier alpha value is -7.63. The number of fused-ring (bicyclic) bond motifs is 6. The molecule has 0 aliphatic rings. The lowest BCUT2D eigenvalue weighted by Gasteiger charge is -2.14. The van der Waals surface area contributed by atoms with Crippen LogP contribution in [0.3, 0.4) is 0 Å². The molecule has 3 heterocycles. The smallest absolute Gasteiger partial charge is 0.164 e. The van der Waals surface area contributed by atoms with Crippen molar-refractivity contribution in [2.24, 2.45) is 0 Å². The third-order valence-corrected chi connectivity index (χ3v) is 10.6. The van der Waals surface area contributed by atoms with Gasteiger partial charge in [0.2, 0.25) is 0 Å². The van der Waals surface area contributed by atoms with Gasteiger partial charge in [-0.25, -0.2) is 15.0 Å². The van der Waals surface area contributed by atoms with Crippen LogP contribution in [0.25, 0.3) is 106 Å². The van der Waals surface area contributed by atoms with E-state index >= 15 is 0 Å². The van der Waals surface area contributed by atoms with Gasteiger partial charge < -0.3 is 8.98 Å². The molecule has 262 valence electrons. The van der Waals surface area contributed by atoms with Crippen molar-refractivity contribution in [1.29, 1.82) is 0 Å². The molecule has 11 aromatic rings. The van der Waals surface area contributed by atoms with Gasteiger partial charge in [0.1, 0.15) is 11.2 Å². The molecule has 0 fully saturated rings. The van der Waals surface area contributed by atoms with Gasteiger partial charge in [-0.2, -0.15) is 0 Å². The summed E-state index contributed by atoms with van der Waals surface area (Å²) in [6, 6.07) is 67.6. The first-order valence-electron chi connectivity index (χ1n) is 18.8. The quantitative estimate of drug-likeness (QED) is 0.172. The first-order chi connectivity index (χ1) is 27.7. The molecule has 0 unspecified atom stereocenters. The van der Waals surface area contributed by atoms with E-state index in [1.54, 1.807) is 0 Å². The van der Waals surface area contributed by atoms with Crippen LogP contribution in [0.15, 0.2) is 199 Å². The van der Waals surface area contributed by atoms with Crippen LogP contribution in [0.1, 0.15) is 0 Å². The predicted octanol–water partition coefficient (Wildman–Crippen LogP) is 13.2. The Morgan fingerprint density at radius 2 is 0.804 bits per heavy atom. The number of furan rings is 1. The first kappa shape index (κ1) is 31.9. The van der Waals surface area contributed by atoms with Crippen molar-refractivity contribution in [2.75, 3.05) is 0 Å². The molecular formula is C51H32N4O. The number of hydrogen-bond donors (Lipinski definition) is 0. The molecule has 3 aromatic heterocycles. The summed E-state index contributed by atoms with van der Waals surface area (Å²) in [5.74, 6) is 1.87. The van der Waals surface area contributed by atoms with Crippen LogP contribution in [0.2, 0.25) is 0 Å². The van der Waals surface area contributed by atoms with Crippen molar-refractivity contribution >= 4 is 43.7 Å². The summed E-state index contributed by atoms with van der Waals surface area (Å²) < 4.78 is 8.99. The van der Waals surface area contributed by atoms with Crippen molar-refractivity contribution in [1.82, 2.24) is 19.5 Å². The van der Waals surface area contributed by atoms with Crippen molar-refractivity contribution in [3.05, 3.63) is 194 Å². The molecule has 0 radical (unpaired) electrons. The highest BCUT2D eigenvalue weighted by molar-refractivity contribution is 6.17. The molecule has 0 N–H and O–H groups in total. The lowest BCUT2D eigenvalue weighted by atomic mass is 9.98. The number of benzene rings is 8. The second-order valence-electron chi connectivity index (χ2n) is 14.1. The van der Waals surface area contributed by atoms with E-state index in [0.717, 1.165) is 71.9 Å². The average Bonchev–Trinajstić information content (AvgIpc) is 3.80.